The molecular formula is C31H50N2O7. The molecule has 0 saturated carbocycles. The fraction of sp³-hybridized carbons (Fsp3) is 0.806. The third-order valence-electron chi connectivity index (χ3n) is 8.79. The standard InChI is InChI=1S/C31H50N2O7/c1-17-15-30(7,8)27(40-29-26(37-13)23(33(11)12)14-19(3)38-29)20(4)25(35)21(5)28(36)39-22(6)31(9,32-10)16-18(2)24(17)34/h16-17,19-23,26-27,29H,14-15H2,1-9,11-13H3/b18-16+/t17?,19-,20+,21-,22-,23?,26?,27?,29?,31?/m1/s1. The summed E-state index contributed by atoms with van der Waals surface area (Å²) in [5, 5.41) is 0. The number of esters is 1. The van der Waals surface area contributed by atoms with Crippen molar-refractivity contribution in [1.82, 2.24) is 4.90 Å². The van der Waals surface area contributed by atoms with Gasteiger partial charge in [0.15, 0.2) is 24.0 Å². The van der Waals surface area contributed by atoms with Gasteiger partial charge in [-0.15, -0.1) is 0 Å². The average Bonchev–Trinajstić information content (AvgIpc) is 2.88. The van der Waals surface area contributed by atoms with Crippen molar-refractivity contribution in [1.29, 1.82) is 0 Å². The van der Waals surface area contributed by atoms with Crippen LogP contribution in [0.15, 0.2) is 11.6 Å². The van der Waals surface area contributed by atoms with Crippen LogP contribution in [-0.2, 0) is 33.3 Å². The van der Waals surface area contributed by atoms with Crippen LogP contribution in [0.1, 0.15) is 75.2 Å². The minimum absolute atomic E-state index is 0.0341. The molecule has 6 unspecified atom stereocenters. The van der Waals surface area contributed by atoms with Crippen LogP contribution >= 0.6 is 0 Å². The lowest BCUT2D eigenvalue weighted by molar-refractivity contribution is -0.289. The Bertz CT molecular complexity index is 1020. The first kappa shape index (κ1) is 34.1. The first-order chi connectivity index (χ1) is 18.4. The summed E-state index contributed by atoms with van der Waals surface area (Å²) < 4.78 is 24.4. The van der Waals surface area contributed by atoms with Crippen LogP contribution in [0.25, 0.3) is 4.85 Å². The molecule has 9 heteroatoms. The number of hydrogen-bond acceptors (Lipinski definition) is 8. The molecular weight excluding hydrogens is 512 g/mol. The van der Waals surface area contributed by atoms with Crippen molar-refractivity contribution in [2.45, 2.75) is 117 Å². The number of cyclic esters (lactones) is 1. The molecule has 9 nitrogen and oxygen atoms in total. The van der Waals surface area contributed by atoms with Crippen molar-refractivity contribution in [3.63, 3.8) is 0 Å². The van der Waals surface area contributed by atoms with Crippen LogP contribution in [0.4, 0.5) is 0 Å². The van der Waals surface area contributed by atoms with Crippen LogP contribution in [0, 0.1) is 29.7 Å². The summed E-state index contributed by atoms with van der Waals surface area (Å²) in [5.74, 6) is -3.34. The highest BCUT2D eigenvalue weighted by molar-refractivity contribution is 6.00. The van der Waals surface area contributed by atoms with Gasteiger partial charge in [0.2, 0.25) is 0 Å². The molecule has 0 aromatic heterocycles. The normalized spacial score (nSPS) is 41.5. The van der Waals surface area contributed by atoms with Gasteiger partial charge in [0.1, 0.15) is 12.0 Å². The molecule has 226 valence electrons. The Hall–Kier alpha value is -2.12. The number of nitrogens with zero attached hydrogens (tertiary/aromatic N) is 2. The van der Waals surface area contributed by atoms with Gasteiger partial charge in [-0.1, -0.05) is 27.7 Å². The molecule has 0 aromatic carbocycles. The zero-order chi connectivity index (χ0) is 30.7. The Balaban J connectivity index is 2.60. The molecule has 1 saturated heterocycles. The number of ether oxygens (including phenoxy) is 4. The predicted octanol–water partition coefficient (Wildman–Crippen LogP) is 4.48. The highest BCUT2D eigenvalue weighted by Crippen LogP contribution is 2.40. The fourth-order valence-corrected chi connectivity index (χ4v) is 6.22. The molecule has 2 aliphatic heterocycles. The fourth-order valence-electron chi connectivity index (χ4n) is 6.22. The van der Waals surface area contributed by atoms with E-state index in [0.717, 1.165) is 6.42 Å². The van der Waals surface area contributed by atoms with E-state index < -0.39 is 59.3 Å². The number of ketones is 2. The summed E-state index contributed by atoms with van der Waals surface area (Å²) in [7, 11) is 5.59. The van der Waals surface area contributed by atoms with Crippen LogP contribution in [-0.4, -0.2) is 85.9 Å². The lowest BCUT2D eigenvalue weighted by Gasteiger charge is -2.47. The van der Waals surface area contributed by atoms with Crippen molar-refractivity contribution in [2.24, 2.45) is 23.2 Å². The van der Waals surface area contributed by atoms with E-state index >= 15 is 0 Å². The number of carbonyl (C=O) groups excluding carboxylic acids is 3. The number of Topliss-reactive ketones (excluding diaryl/α,β-unsaturated/α-hetero) is 2. The summed E-state index contributed by atoms with van der Waals surface area (Å²) in [6, 6.07) is 0.0341. The van der Waals surface area contributed by atoms with Crippen LogP contribution in [0.2, 0.25) is 0 Å². The van der Waals surface area contributed by atoms with Crippen molar-refractivity contribution >= 4 is 17.5 Å². The van der Waals surface area contributed by atoms with Gasteiger partial charge < -0.3 is 28.7 Å². The van der Waals surface area contributed by atoms with Gasteiger partial charge in [0.25, 0.3) is 5.54 Å². The van der Waals surface area contributed by atoms with Crippen LogP contribution in [0.3, 0.4) is 0 Å². The molecule has 0 amide bonds. The summed E-state index contributed by atoms with van der Waals surface area (Å²) in [6.07, 6.45) is -0.0633. The summed E-state index contributed by atoms with van der Waals surface area (Å²) >= 11 is 0. The Kier molecular flexibility index (Phi) is 11.3. The Morgan fingerprint density at radius 3 is 2.20 bits per heavy atom. The van der Waals surface area contributed by atoms with E-state index in [1.54, 1.807) is 40.9 Å². The molecule has 2 heterocycles. The first-order valence-corrected chi connectivity index (χ1v) is 14.3. The molecule has 1 fully saturated rings. The highest BCUT2D eigenvalue weighted by Gasteiger charge is 2.48. The van der Waals surface area contributed by atoms with Crippen molar-refractivity contribution in [2.75, 3.05) is 21.2 Å². The van der Waals surface area contributed by atoms with E-state index in [-0.39, 0.29) is 23.7 Å². The summed E-state index contributed by atoms with van der Waals surface area (Å²) in [5.41, 5.74) is -1.49. The van der Waals surface area contributed by atoms with E-state index in [1.165, 1.54) is 6.92 Å². The molecule has 0 radical (unpaired) electrons. The van der Waals surface area contributed by atoms with Gasteiger partial charge in [-0.2, -0.15) is 0 Å². The Labute approximate surface area is 240 Å². The van der Waals surface area contributed by atoms with Gasteiger partial charge in [-0.05, 0) is 65.6 Å². The van der Waals surface area contributed by atoms with Gasteiger partial charge in [-0.3, -0.25) is 14.4 Å². The Morgan fingerprint density at radius 2 is 1.68 bits per heavy atom. The molecule has 10 atom stereocenters. The predicted molar refractivity (Wildman–Crippen MR) is 152 cm³/mol. The number of likely N-dealkylation sites (N-methyl/N-ethyl adjacent to an activating group) is 1. The lowest BCUT2D eigenvalue weighted by atomic mass is 9.71. The number of hydrogen-bond donors (Lipinski definition) is 0. The van der Waals surface area contributed by atoms with Gasteiger partial charge in [-0.25, -0.2) is 6.57 Å². The number of methoxy groups -OCH3 is 1. The SMILES string of the molecule is [C-]#[N+]C1(C)/C=C(\C)C(=O)C(C)CC(C)(C)C(OC2O[C@H](C)CC(N(C)C)C2OC)[C@@H](C)C(=O)[C@@H](C)C(=O)O[C@@H]1C. The van der Waals surface area contributed by atoms with E-state index in [9.17, 15) is 14.4 Å². The molecule has 0 N–H and O–H groups in total. The molecule has 2 aliphatic rings. The van der Waals surface area contributed by atoms with E-state index in [4.69, 9.17) is 25.5 Å². The zero-order valence-corrected chi connectivity index (χ0v) is 26.4. The van der Waals surface area contributed by atoms with Crippen molar-refractivity contribution in [3.05, 3.63) is 23.1 Å². The quantitative estimate of drug-likeness (QED) is 0.281. The van der Waals surface area contributed by atoms with Gasteiger partial charge >= 0.3 is 5.97 Å². The van der Waals surface area contributed by atoms with Gasteiger partial charge in [0, 0.05) is 38.0 Å². The van der Waals surface area contributed by atoms with Crippen LogP contribution in [0.5, 0.6) is 0 Å². The summed E-state index contributed by atoms with van der Waals surface area (Å²) in [6.45, 7) is 23.8. The molecule has 0 aliphatic carbocycles. The zero-order valence-electron chi connectivity index (χ0n) is 26.4. The molecule has 0 spiro atoms. The number of carbonyl (C=O) groups is 3. The maximum Gasteiger partial charge on any atom is 0.316 e. The number of allylic oxidation sites excluding steroid dienone is 1. The minimum atomic E-state index is -1.25. The summed E-state index contributed by atoms with van der Waals surface area (Å²) in [4.78, 5) is 46.2. The third-order valence-corrected chi connectivity index (χ3v) is 8.79. The first-order valence-electron chi connectivity index (χ1n) is 14.3. The lowest BCUT2D eigenvalue weighted by Crippen LogP contribution is -2.57. The second kappa shape index (κ2) is 13.2. The smallest absolute Gasteiger partial charge is 0.316 e. The van der Waals surface area contributed by atoms with E-state index in [2.05, 4.69) is 9.74 Å². The second-order valence-electron chi connectivity index (χ2n) is 13.0. The second-order valence-corrected chi connectivity index (χ2v) is 13.0. The van der Waals surface area contributed by atoms with Crippen molar-refractivity contribution in [3.8, 4) is 0 Å². The molecule has 0 aromatic rings. The highest BCUT2D eigenvalue weighted by atomic mass is 16.7. The number of rotatable bonds is 4. The molecule has 0 bridgehead atoms. The van der Waals surface area contributed by atoms with E-state index in [1.807, 2.05) is 41.8 Å². The molecule has 40 heavy (non-hydrogen) atoms. The Morgan fingerprint density at radius 1 is 1.07 bits per heavy atom. The van der Waals surface area contributed by atoms with Crippen molar-refractivity contribution < 1.29 is 33.3 Å². The maximum absolute atomic E-state index is 13.8. The topological polar surface area (TPSA) is 95.7 Å². The monoisotopic (exact) mass is 562 g/mol. The van der Waals surface area contributed by atoms with Crippen LogP contribution < -0.4 is 0 Å². The largest absolute Gasteiger partial charge is 0.453 e. The van der Waals surface area contributed by atoms with Gasteiger partial charge in [0.05, 0.1) is 12.2 Å². The average molecular weight is 563 g/mol. The minimum Gasteiger partial charge on any atom is -0.453 e. The van der Waals surface area contributed by atoms with E-state index in [0.29, 0.717) is 12.0 Å². The third kappa shape index (κ3) is 7.39. The maximum atomic E-state index is 13.8. The molecule has 2 rings (SSSR count).